The van der Waals surface area contributed by atoms with Crippen LogP contribution in [0.15, 0.2) is 70.7 Å². The minimum Gasteiger partial charge on any atom is -0.491 e. The van der Waals surface area contributed by atoms with E-state index in [0.717, 1.165) is 11.3 Å². The molecule has 0 radical (unpaired) electrons. The number of nitrogens with one attached hydrogen (secondary N) is 1. The van der Waals surface area contributed by atoms with Crippen molar-refractivity contribution < 1.29 is 23.6 Å². The summed E-state index contributed by atoms with van der Waals surface area (Å²) in [6.07, 6.45) is 0.447. The van der Waals surface area contributed by atoms with Crippen LogP contribution >= 0.6 is 0 Å². The van der Waals surface area contributed by atoms with Gasteiger partial charge in [0.05, 0.1) is 12.3 Å². The summed E-state index contributed by atoms with van der Waals surface area (Å²) in [4.78, 5) is 33.2. The second kappa shape index (κ2) is 8.02. The van der Waals surface area contributed by atoms with Crippen LogP contribution in [0, 0.1) is 6.92 Å². The topological polar surface area (TPSA) is 90.7 Å². The molecule has 29 heavy (non-hydrogen) atoms. The molecule has 1 aliphatic rings. The fraction of sp³-hybridized carbons (Fsp3) is 0.136. The van der Waals surface area contributed by atoms with Gasteiger partial charge in [0, 0.05) is 17.5 Å². The van der Waals surface area contributed by atoms with Crippen LogP contribution in [-0.2, 0) is 25.6 Å². The van der Waals surface area contributed by atoms with Crippen molar-refractivity contribution in [1.29, 1.82) is 0 Å². The molecular formula is C22H18N2O5. The molecule has 4 rings (SSSR count). The summed E-state index contributed by atoms with van der Waals surface area (Å²) in [5.74, 6) is 0.0172. The van der Waals surface area contributed by atoms with Crippen molar-refractivity contribution >= 4 is 17.6 Å². The minimum absolute atomic E-state index is 0.155. The minimum atomic E-state index is -0.766. The van der Waals surface area contributed by atoms with Crippen LogP contribution in [0.1, 0.15) is 17.0 Å². The molecule has 1 aromatic heterocycles. The number of aromatic nitrogens is 1. The third kappa shape index (κ3) is 3.89. The lowest BCUT2D eigenvalue weighted by molar-refractivity contribution is -0.143. The quantitative estimate of drug-likeness (QED) is 0.395. The second-order valence-electron chi connectivity index (χ2n) is 6.38. The van der Waals surface area contributed by atoms with Crippen LogP contribution in [0.2, 0.25) is 0 Å². The molecule has 0 spiro atoms. The molecule has 0 aliphatic carbocycles. The van der Waals surface area contributed by atoms with E-state index in [1.54, 1.807) is 24.3 Å². The Bertz CT molecular complexity index is 1050. The predicted molar refractivity (Wildman–Crippen MR) is 104 cm³/mol. The van der Waals surface area contributed by atoms with Crippen LogP contribution < -0.4 is 5.48 Å². The van der Waals surface area contributed by atoms with Gasteiger partial charge in [0.15, 0.2) is 5.57 Å². The summed E-state index contributed by atoms with van der Waals surface area (Å²) in [7, 11) is 0. The zero-order valence-corrected chi connectivity index (χ0v) is 15.7. The highest BCUT2D eigenvalue weighted by Crippen LogP contribution is 2.25. The maximum absolute atomic E-state index is 12.0. The van der Waals surface area contributed by atoms with Crippen LogP contribution in [-0.4, -0.2) is 23.5 Å². The van der Waals surface area contributed by atoms with Crippen LogP contribution in [0.25, 0.3) is 17.2 Å². The molecule has 1 saturated heterocycles. The number of rotatable bonds is 6. The summed E-state index contributed by atoms with van der Waals surface area (Å²) in [5.41, 5.74) is 4.15. The Morgan fingerprint density at radius 1 is 1.03 bits per heavy atom. The van der Waals surface area contributed by atoms with E-state index in [4.69, 9.17) is 9.15 Å². The maximum Gasteiger partial charge on any atom is 0.372 e. The van der Waals surface area contributed by atoms with Crippen molar-refractivity contribution in [2.45, 2.75) is 13.3 Å². The van der Waals surface area contributed by atoms with Gasteiger partial charge in [-0.25, -0.2) is 9.78 Å². The zero-order chi connectivity index (χ0) is 20.2. The summed E-state index contributed by atoms with van der Waals surface area (Å²) in [5, 5.41) is 0. The first kappa shape index (κ1) is 18.5. The van der Waals surface area contributed by atoms with E-state index in [-0.39, 0.29) is 17.9 Å². The number of hydrogen-bond acceptors (Lipinski definition) is 6. The summed E-state index contributed by atoms with van der Waals surface area (Å²) in [6, 6.07) is 18.6. The van der Waals surface area contributed by atoms with Gasteiger partial charge in [-0.2, -0.15) is 5.48 Å². The number of oxazole rings is 1. The monoisotopic (exact) mass is 390 g/mol. The smallest absolute Gasteiger partial charge is 0.372 e. The SMILES string of the molecule is Cc1oc(-c2ccccc2)nc1CCOC(=C1C(=O)NOC1=O)c1ccccc1. The van der Waals surface area contributed by atoms with Crippen molar-refractivity contribution in [3.05, 3.63) is 83.3 Å². The Labute approximate surface area is 166 Å². The third-order valence-corrected chi connectivity index (χ3v) is 4.43. The van der Waals surface area contributed by atoms with E-state index < -0.39 is 11.9 Å². The number of hydroxylamine groups is 1. The van der Waals surface area contributed by atoms with E-state index in [1.165, 1.54) is 0 Å². The molecule has 2 heterocycles. The first-order chi connectivity index (χ1) is 14.1. The summed E-state index contributed by atoms with van der Waals surface area (Å²) >= 11 is 0. The number of benzene rings is 2. The van der Waals surface area contributed by atoms with Crippen molar-refractivity contribution in [2.75, 3.05) is 6.61 Å². The Morgan fingerprint density at radius 3 is 2.38 bits per heavy atom. The molecule has 7 heteroatoms. The van der Waals surface area contributed by atoms with Gasteiger partial charge >= 0.3 is 5.97 Å². The number of aryl methyl sites for hydroxylation is 1. The molecule has 1 amide bonds. The molecule has 2 aromatic carbocycles. The van der Waals surface area contributed by atoms with Crippen molar-refractivity contribution in [3.8, 4) is 11.5 Å². The molecule has 3 aromatic rings. The predicted octanol–water partition coefficient (Wildman–Crippen LogP) is 3.21. The molecule has 0 bridgehead atoms. The zero-order valence-electron chi connectivity index (χ0n) is 15.7. The number of amides is 1. The van der Waals surface area contributed by atoms with Crippen LogP contribution in [0.3, 0.4) is 0 Å². The second-order valence-corrected chi connectivity index (χ2v) is 6.38. The Hall–Kier alpha value is -3.87. The highest BCUT2D eigenvalue weighted by molar-refractivity contribution is 6.23. The Balaban J connectivity index is 1.54. The van der Waals surface area contributed by atoms with Crippen molar-refractivity contribution in [2.24, 2.45) is 0 Å². The number of nitrogens with zero attached hydrogens (tertiary/aromatic N) is 1. The van der Waals surface area contributed by atoms with Crippen LogP contribution in [0.5, 0.6) is 0 Å². The summed E-state index contributed by atoms with van der Waals surface area (Å²) < 4.78 is 11.6. The molecule has 1 fully saturated rings. The lowest BCUT2D eigenvalue weighted by atomic mass is 10.1. The summed E-state index contributed by atoms with van der Waals surface area (Å²) in [6.45, 7) is 2.04. The molecule has 0 saturated carbocycles. The van der Waals surface area contributed by atoms with Gasteiger partial charge in [0.1, 0.15) is 11.5 Å². The normalized spacial score (nSPS) is 15.1. The largest absolute Gasteiger partial charge is 0.491 e. The average molecular weight is 390 g/mol. The highest BCUT2D eigenvalue weighted by atomic mass is 16.7. The van der Waals surface area contributed by atoms with Gasteiger partial charge in [-0.1, -0.05) is 48.5 Å². The molecular weight excluding hydrogens is 372 g/mol. The Morgan fingerprint density at radius 2 is 1.72 bits per heavy atom. The van der Waals surface area contributed by atoms with Crippen molar-refractivity contribution in [3.63, 3.8) is 0 Å². The van der Waals surface area contributed by atoms with E-state index >= 15 is 0 Å². The fourth-order valence-electron chi connectivity index (χ4n) is 2.99. The standard InChI is InChI=1S/C22H18N2O5/c1-14-17(23-21(28-14)16-10-6-3-7-11-16)12-13-27-19(15-8-4-2-5-9-15)18-20(25)24-29-22(18)26/h2-11H,12-13H2,1H3,(H,24,25). The maximum atomic E-state index is 12.0. The van der Waals surface area contributed by atoms with Gasteiger partial charge < -0.3 is 14.0 Å². The lowest BCUT2D eigenvalue weighted by Crippen LogP contribution is -2.14. The Kier molecular flexibility index (Phi) is 5.11. The van der Waals surface area contributed by atoms with Gasteiger partial charge in [0.25, 0.3) is 5.91 Å². The first-order valence-corrected chi connectivity index (χ1v) is 9.09. The molecule has 1 aliphatic heterocycles. The van der Waals surface area contributed by atoms with Gasteiger partial charge in [0.2, 0.25) is 5.89 Å². The first-order valence-electron chi connectivity index (χ1n) is 9.09. The molecule has 146 valence electrons. The average Bonchev–Trinajstić information content (AvgIpc) is 3.29. The van der Waals surface area contributed by atoms with Gasteiger partial charge in [-0.15, -0.1) is 0 Å². The molecule has 0 atom stereocenters. The highest BCUT2D eigenvalue weighted by Gasteiger charge is 2.34. The third-order valence-electron chi connectivity index (χ3n) is 4.43. The number of carbonyl (C=O) groups is 2. The number of ether oxygens (including phenoxy) is 1. The fourth-order valence-corrected chi connectivity index (χ4v) is 2.99. The van der Waals surface area contributed by atoms with E-state index in [9.17, 15) is 9.59 Å². The number of hydrogen-bond donors (Lipinski definition) is 1. The molecule has 7 nitrogen and oxygen atoms in total. The van der Waals surface area contributed by atoms with Crippen molar-refractivity contribution in [1.82, 2.24) is 10.5 Å². The molecule has 1 N–H and O–H groups in total. The van der Waals surface area contributed by atoms with Gasteiger partial charge in [-0.05, 0) is 19.1 Å². The molecule has 0 unspecified atom stereocenters. The van der Waals surface area contributed by atoms with Crippen LogP contribution in [0.4, 0.5) is 0 Å². The van der Waals surface area contributed by atoms with Gasteiger partial charge in [-0.3, -0.25) is 4.79 Å². The van der Waals surface area contributed by atoms with E-state index in [0.29, 0.717) is 23.6 Å². The lowest BCUT2D eigenvalue weighted by Gasteiger charge is -2.11. The number of carbonyl (C=O) groups excluding carboxylic acids is 2. The van der Waals surface area contributed by atoms with E-state index in [1.807, 2.05) is 43.3 Å². The van der Waals surface area contributed by atoms with E-state index in [2.05, 4.69) is 15.3 Å².